The van der Waals surface area contributed by atoms with Crippen molar-refractivity contribution in [1.82, 2.24) is 4.98 Å². The molecule has 1 aromatic carbocycles. The van der Waals surface area contributed by atoms with Gasteiger partial charge in [-0.1, -0.05) is 20.4 Å². The smallest absolute Gasteiger partial charge is 0.257 e. The number of benzene rings is 1. The Labute approximate surface area is 133 Å². The van der Waals surface area contributed by atoms with E-state index in [2.05, 4.69) is 36.0 Å². The molecular formula is C16H17N3O2S. The second-order valence-corrected chi connectivity index (χ2v) is 5.82. The van der Waals surface area contributed by atoms with Gasteiger partial charge in [-0.25, -0.2) is 4.98 Å². The Morgan fingerprint density at radius 2 is 1.91 bits per heavy atom. The van der Waals surface area contributed by atoms with Crippen molar-refractivity contribution in [3.63, 3.8) is 0 Å². The Balaban J connectivity index is 2.02. The van der Waals surface area contributed by atoms with E-state index in [-0.39, 0.29) is 11.8 Å². The number of aromatic nitrogens is 1. The third-order valence-corrected chi connectivity index (χ3v) is 3.71. The fraction of sp³-hybridized carbons (Fsp3) is 0.188. The first kappa shape index (κ1) is 15.9. The van der Waals surface area contributed by atoms with Crippen molar-refractivity contribution >= 4 is 34.0 Å². The molecule has 6 heteroatoms. The quantitative estimate of drug-likeness (QED) is 0.827. The first-order valence-corrected chi connectivity index (χ1v) is 7.68. The van der Waals surface area contributed by atoms with Crippen LogP contribution in [0.1, 0.15) is 35.8 Å². The molecule has 2 amide bonds. The molecule has 2 rings (SSSR count). The molecule has 0 aliphatic rings. The van der Waals surface area contributed by atoms with Gasteiger partial charge in [0, 0.05) is 16.6 Å². The predicted octanol–water partition coefficient (Wildman–Crippen LogP) is 3.64. The van der Waals surface area contributed by atoms with E-state index in [1.807, 2.05) is 5.38 Å². The molecule has 2 aromatic rings. The fourth-order valence-corrected chi connectivity index (χ4v) is 2.54. The molecule has 114 valence electrons. The summed E-state index contributed by atoms with van der Waals surface area (Å²) in [5.41, 5.74) is 2.07. The summed E-state index contributed by atoms with van der Waals surface area (Å²) in [5, 5.41) is 7.91. The Morgan fingerprint density at radius 1 is 1.23 bits per heavy atom. The number of thiazole rings is 1. The number of nitrogens with one attached hydrogen (secondary N) is 2. The molecule has 1 heterocycles. The third-order valence-electron chi connectivity index (χ3n) is 2.93. The zero-order chi connectivity index (χ0) is 16.1. The summed E-state index contributed by atoms with van der Waals surface area (Å²) < 4.78 is 0. The zero-order valence-electron chi connectivity index (χ0n) is 12.4. The average Bonchev–Trinajstić information content (AvgIpc) is 2.96. The number of amides is 2. The van der Waals surface area contributed by atoms with Gasteiger partial charge in [-0.15, -0.1) is 11.3 Å². The van der Waals surface area contributed by atoms with Gasteiger partial charge in [0.25, 0.3) is 5.91 Å². The molecule has 0 atom stereocenters. The van der Waals surface area contributed by atoms with E-state index < -0.39 is 0 Å². The highest BCUT2D eigenvalue weighted by molar-refractivity contribution is 7.14. The number of carbonyl (C=O) groups excluding carboxylic acids is 2. The first-order chi connectivity index (χ1) is 10.5. The van der Waals surface area contributed by atoms with Gasteiger partial charge >= 0.3 is 0 Å². The summed E-state index contributed by atoms with van der Waals surface area (Å²) in [4.78, 5) is 27.7. The molecule has 0 aliphatic heterocycles. The highest BCUT2D eigenvalue weighted by Gasteiger charge is 2.10. The van der Waals surface area contributed by atoms with E-state index in [9.17, 15) is 9.59 Å². The van der Waals surface area contributed by atoms with Crippen LogP contribution in [0.4, 0.5) is 10.8 Å². The van der Waals surface area contributed by atoms with Crippen molar-refractivity contribution < 1.29 is 9.59 Å². The molecule has 5 nitrogen and oxygen atoms in total. The van der Waals surface area contributed by atoms with E-state index in [1.54, 1.807) is 24.3 Å². The molecule has 0 fully saturated rings. The van der Waals surface area contributed by atoms with E-state index in [1.165, 1.54) is 17.4 Å². The van der Waals surface area contributed by atoms with Gasteiger partial charge in [0.15, 0.2) is 5.13 Å². The van der Waals surface area contributed by atoms with Gasteiger partial charge < -0.3 is 5.32 Å². The number of rotatable bonds is 5. The Kier molecular flexibility index (Phi) is 5.06. The Bertz CT molecular complexity index is 690. The maximum atomic E-state index is 12.1. The maximum absolute atomic E-state index is 12.1. The summed E-state index contributed by atoms with van der Waals surface area (Å²) in [7, 11) is 0. The van der Waals surface area contributed by atoms with Crippen LogP contribution in [-0.2, 0) is 4.79 Å². The summed E-state index contributed by atoms with van der Waals surface area (Å²) in [6.07, 6.45) is 1.19. The normalized spacial score (nSPS) is 10.3. The van der Waals surface area contributed by atoms with Crippen LogP contribution in [0.15, 0.2) is 42.3 Å². The monoisotopic (exact) mass is 315 g/mol. The minimum absolute atomic E-state index is 0.230. The van der Waals surface area contributed by atoms with Gasteiger partial charge in [-0.05, 0) is 36.3 Å². The predicted molar refractivity (Wildman–Crippen MR) is 89.4 cm³/mol. The maximum Gasteiger partial charge on any atom is 0.257 e. The summed E-state index contributed by atoms with van der Waals surface area (Å²) in [6.45, 7) is 7.49. The van der Waals surface area contributed by atoms with Crippen molar-refractivity contribution in [3.05, 3.63) is 53.6 Å². The van der Waals surface area contributed by atoms with E-state index >= 15 is 0 Å². The highest BCUT2D eigenvalue weighted by atomic mass is 32.1. The summed E-state index contributed by atoms with van der Waals surface area (Å²) in [6, 6.07) is 6.62. The van der Waals surface area contributed by atoms with Crippen molar-refractivity contribution in [2.75, 3.05) is 10.6 Å². The standard InChI is InChI=1S/C16H17N3O2S/c1-4-14(20)17-12-7-5-11(6-8-12)15(21)19-16-18-13(9-22-16)10(2)3/h4-10H,1H2,2-3H3,(H,17,20)(H,18,19,21). The lowest BCUT2D eigenvalue weighted by atomic mass is 10.2. The van der Waals surface area contributed by atoms with Crippen LogP contribution in [0, 0.1) is 0 Å². The number of carbonyl (C=O) groups is 2. The average molecular weight is 315 g/mol. The second kappa shape index (κ2) is 7.00. The molecule has 22 heavy (non-hydrogen) atoms. The number of hydrogen-bond donors (Lipinski definition) is 2. The lowest BCUT2D eigenvalue weighted by Crippen LogP contribution is -2.12. The number of hydrogen-bond acceptors (Lipinski definition) is 4. The Morgan fingerprint density at radius 3 is 2.45 bits per heavy atom. The SMILES string of the molecule is C=CC(=O)Nc1ccc(C(=O)Nc2nc(C(C)C)cs2)cc1. The third kappa shape index (κ3) is 4.02. The van der Waals surface area contributed by atoms with Gasteiger partial charge in [0.2, 0.25) is 5.91 Å². The molecule has 0 radical (unpaired) electrons. The van der Waals surface area contributed by atoms with Crippen LogP contribution < -0.4 is 10.6 Å². The second-order valence-electron chi connectivity index (χ2n) is 4.96. The van der Waals surface area contributed by atoms with Crippen molar-refractivity contribution in [2.45, 2.75) is 19.8 Å². The molecule has 0 saturated heterocycles. The van der Waals surface area contributed by atoms with Crippen LogP contribution in [0.2, 0.25) is 0 Å². The number of nitrogens with zero attached hydrogens (tertiary/aromatic N) is 1. The van der Waals surface area contributed by atoms with Crippen molar-refractivity contribution in [3.8, 4) is 0 Å². The molecule has 2 N–H and O–H groups in total. The summed E-state index contributed by atoms with van der Waals surface area (Å²) in [5.74, 6) is -0.192. The van der Waals surface area contributed by atoms with Crippen LogP contribution in [-0.4, -0.2) is 16.8 Å². The molecule has 0 saturated carbocycles. The first-order valence-electron chi connectivity index (χ1n) is 6.80. The van der Waals surface area contributed by atoms with Crippen molar-refractivity contribution in [1.29, 1.82) is 0 Å². The fourth-order valence-electron chi connectivity index (χ4n) is 1.68. The highest BCUT2D eigenvalue weighted by Crippen LogP contribution is 2.22. The lowest BCUT2D eigenvalue weighted by Gasteiger charge is -2.05. The van der Waals surface area contributed by atoms with E-state index in [4.69, 9.17) is 0 Å². The molecule has 0 spiro atoms. The van der Waals surface area contributed by atoms with Gasteiger partial charge in [0.05, 0.1) is 5.69 Å². The topological polar surface area (TPSA) is 71.1 Å². The van der Waals surface area contributed by atoms with Crippen LogP contribution in [0.25, 0.3) is 0 Å². The minimum atomic E-state index is -0.291. The Hall–Kier alpha value is -2.47. The van der Waals surface area contributed by atoms with Gasteiger partial charge in [-0.3, -0.25) is 14.9 Å². The summed E-state index contributed by atoms with van der Waals surface area (Å²) >= 11 is 1.40. The lowest BCUT2D eigenvalue weighted by molar-refractivity contribution is -0.111. The minimum Gasteiger partial charge on any atom is -0.323 e. The van der Waals surface area contributed by atoms with E-state index in [0.717, 1.165) is 5.69 Å². The van der Waals surface area contributed by atoms with Crippen LogP contribution in [0.5, 0.6) is 0 Å². The molecular weight excluding hydrogens is 298 g/mol. The largest absolute Gasteiger partial charge is 0.323 e. The van der Waals surface area contributed by atoms with Crippen LogP contribution >= 0.6 is 11.3 Å². The molecule has 1 aromatic heterocycles. The number of anilines is 2. The van der Waals surface area contributed by atoms with E-state index in [0.29, 0.717) is 22.3 Å². The molecule has 0 aliphatic carbocycles. The van der Waals surface area contributed by atoms with Crippen molar-refractivity contribution in [2.24, 2.45) is 0 Å². The zero-order valence-corrected chi connectivity index (χ0v) is 13.2. The van der Waals surface area contributed by atoms with Gasteiger partial charge in [0.1, 0.15) is 0 Å². The molecule has 0 unspecified atom stereocenters. The van der Waals surface area contributed by atoms with Crippen LogP contribution in [0.3, 0.4) is 0 Å². The molecule has 0 bridgehead atoms. The van der Waals surface area contributed by atoms with Gasteiger partial charge in [-0.2, -0.15) is 0 Å².